The van der Waals surface area contributed by atoms with Gasteiger partial charge in [0, 0.05) is 29.7 Å². The molecule has 25 heavy (non-hydrogen) atoms. The van der Waals surface area contributed by atoms with Crippen molar-refractivity contribution in [1.82, 2.24) is 16.0 Å². The van der Waals surface area contributed by atoms with Crippen LogP contribution in [-0.2, 0) is 14.3 Å². The van der Waals surface area contributed by atoms with Crippen molar-refractivity contribution in [2.24, 2.45) is 0 Å². The van der Waals surface area contributed by atoms with E-state index in [4.69, 9.17) is 9.47 Å². The lowest BCUT2D eigenvalue weighted by atomic mass is 10.1. The fourth-order valence-corrected chi connectivity index (χ4v) is 1.61. The molecule has 0 atom stereocenters. The monoisotopic (exact) mass is 357 g/mol. The summed E-state index contributed by atoms with van der Waals surface area (Å²) in [5, 5.41) is 9.25. The van der Waals surface area contributed by atoms with Crippen LogP contribution >= 0.6 is 0 Å². The first-order chi connectivity index (χ1) is 11.3. The van der Waals surface area contributed by atoms with E-state index in [2.05, 4.69) is 64.1 Å². The maximum absolute atomic E-state index is 11.9. The highest BCUT2D eigenvalue weighted by Crippen LogP contribution is 2.03. The number of esters is 1. The number of amides is 1. The summed E-state index contributed by atoms with van der Waals surface area (Å²) in [5.74, 6) is -0.475. The third-order valence-corrected chi connectivity index (χ3v) is 2.95. The van der Waals surface area contributed by atoms with Gasteiger partial charge in [-0.05, 0) is 48.5 Å². The number of carbonyl (C=O) groups is 2. The van der Waals surface area contributed by atoms with Gasteiger partial charge in [-0.25, -0.2) is 9.59 Å². The average Bonchev–Trinajstić information content (AvgIpc) is 2.44. The number of carbonyl (C=O) groups excluding carboxylic acids is 2. The highest BCUT2D eigenvalue weighted by molar-refractivity contribution is 5.86. The van der Waals surface area contributed by atoms with E-state index in [0.717, 1.165) is 0 Å². The summed E-state index contributed by atoms with van der Waals surface area (Å²) < 4.78 is 10.4. The molecule has 0 aliphatic heterocycles. The highest BCUT2D eigenvalue weighted by Gasteiger charge is 2.20. The van der Waals surface area contributed by atoms with E-state index in [1.165, 1.54) is 0 Å². The van der Waals surface area contributed by atoms with Gasteiger partial charge in [0.1, 0.15) is 12.7 Å². The minimum atomic E-state index is -0.539. The van der Waals surface area contributed by atoms with Crippen LogP contribution in [0.2, 0.25) is 0 Å². The molecule has 7 nitrogen and oxygen atoms in total. The van der Waals surface area contributed by atoms with Crippen LogP contribution in [0.5, 0.6) is 0 Å². The molecule has 3 N–H and O–H groups in total. The van der Waals surface area contributed by atoms with Crippen molar-refractivity contribution >= 4 is 12.1 Å². The van der Waals surface area contributed by atoms with Gasteiger partial charge in [0.2, 0.25) is 0 Å². The molecule has 0 aromatic rings. The summed E-state index contributed by atoms with van der Waals surface area (Å²) in [5.41, 5.74) is 0.178. The smallest absolute Gasteiger partial charge is 0.407 e. The quantitative estimate of drug-likeness (QED) is 0.332. The second kappa shape index (κ2) is 10.4. The Morgan fingerprint density at radius 3 is 1.88 bits per heavy atom. The standard InChI is InChI=1S/C18H35N3O4/c1-13(2)15(22)24-10-9-19-16(23)25-14(11-20-17(3,4)5)12-21-18(6,7)8/h14,20-21H,1,9-12H2,2-8H3,(H,19,23). The summed E-state index contributed by atoms with van der Waals surface area (Å²) >= 11 is 0. The van der Waals surface area contributed by atoms with Gasteiger partial charge in [-0.3, -0.25) is 0 Å². The summed E-state index contributed by atoms with van der Waals surface area (Å²) in [4.78, 5) is 23.2. The zero-order valence-electron chi connectivity index (χ0n) is 16.7. The van der Waals surface area contributed by atoms with Crippen molar-refractivity contribution in [1.29, 1.82) is 0 Å². The van der Waals surface area contributed by atoms with E-state index < -0.39 is 12.1 Å². The number of hydrogen-bond donors (Lipinski definition) is 3. The summed E-state index contributed by atoms with van der Waals surface area (Å²) in [7, 11) is 0. The van der Waals surface area contributed by atoms with Gasteiger partial charge in [0.25, 0.3) is 0 Å². The predicted octanol–water partition coefficient (Wildman–Crippen LogP) is 1.98. The Morgan fingerprint density at radius 1 is 1.00 bits per heavy atom. The first kappa shape index (κ1) is 23.4. The molecule has 0 aliphatic carbocycles. The van der Waals surface area contributed by atoms with E-state index in [0.29, 0.717) is 18.7 Å². The third-order valence-electron chi connectivity index (χ3n) is 2.95. The van der Waals surface area contributed by atoms with Crippen LogP contribution < -0.4 is 16.0 Å². The highest BCUT2D eigenvalue weighted by atomic mass is 16.6. The van der Waals surface area contributed by atoms with Crippen molar-refractivity contribution in [2.45, 2.75) is 65.6 Å². The number of ether oxygens (including phenoxy) is 2. The van der Waals surface area contributed by atoms with Gasteiger partial charge in [-0.1, -0.05) is 6.58 Å². The van der Waals surface area contributed by atoms with E-state index in [1.807, 2.05) is 0 Å². The maximum Gasteiger partial charge on any atom is 0.407 e. The lowest BCUT2D eigenvalue weighted by molar-refractivity contribution is -0.138. The van der Waals surface area contributed by atoms with Crippen LogP contribution in [0.3, 0.4) is 0 Å². The Morgan fingerprint density at radius 2 is 1.48 bits per heavy atom. The van der Waals surface area contributed by atoms with E-state index in [-0.39, 0.29) is 30.3 Å². The van der Waals surface area contributed by atoms with Gasteiger partial charge < -0.3 is 25.4 Å². The molecule has 0 saturated heterocycles. The molecule has 146 valence electrons. The fraction of sp³-hybridized carbons (Fsp3) is 0.778. The molecular formula is C18H35N3O4. The molecule has 0 unspecified atom stereocenters. The van der Waals surface area contributed by atoms with Crippen molar-refractivity contribution in [3.63, 3.8) is 0 Å². The number of rotatable bonds is 9. The summed E-state index contributed by atoms with van der Waals surface area (Å²) in [6.45, 7) is 18.7. The molecule has 0 aromatic heterocycles. The summed E-state index contributed by atoms with van der Waals surface area (Å²) in [6, 6.07) is 0. The molecule has 0 aliphatic rings. The average molecular weight is 357 g/mol. The normalized spacial score (nSPS) is 12.0. The Hall–Kier alpha value is -1.60. The summed E-state index contributed by atoms with van der Waals surface area (Å²) in [6.07, 6.45) is -0.862. The second-order valence-corrected chi connectivity index (χ2v) is 8.13. The molecule has 7 heteroatoms. The maximum atomic E-state index is 11.9. The third kappa shape index (κ3) is 14.4. The first-order valence-corrected chi connectivity index (χ1v) is 8.57. The Labute approximate surface area is 151 Å². The van der Waals surface area contributed by atoms with Crippen molar-refractivity contribution in [3.8, 4) is 0 Å². The Balaban J connectivity index is 4.34. The van der Waals surface area contributed by atoms with Gasteiger partial charge in [-0.2, -0.15) is 0 Å². The van der Waals surface area contributed by atoms with Crippen LogP contribution in [0, 0.1) is 0 Å². The van der Waals surface area contributed by atoms with Crippen molar-refractivity contribution in [2.75, 3.05) is 26.2 Å². The minimum Gasteiger partial charge on any atom is -0.460 e. The van der Waals surface area contributed by atoms with Crippen LogP contribution in [0.15, 0.2) is 12.2 Å². The number of hydrogen-bond acceptors (Lipinski definition) is 6. The SMILES string of the molecule is C=C(C)C(=O)OCCNC(=O)OC(CNC(C)(C)C)CNC(C)(C)C. The topological polar surface area (TPSA) is 88.7 Å². The van der Waals surface area contributed by atoms with Gasteiger partial charge in [0.15, 0.2) is 0 Å². The molecule has 0 rings (SSSR count). The van der Waals surface area contributed by atoms with Crippen LogP contribution in [0.4, 0.5) is 4.79 Å². The molecular weight excluding hydrogens is 322 g/mol. The van der Waals surface area contributed by atoms with Gasteiger partial charge in [-0.15, -0.1) is 0 Å². The van der Waals surface area contributed by atoms with E-state index in [9.17, 15) is 9.59 Å². The minimum absolute atomic E-state index is 0.0728. The molecule has 0 aromatic carbocycles. The molecule has 0 saturated carbocycles. The van der Waals surface area contributed by atoms with Crippen LogP contribution in [-0.4, -0.2) is 55.5 Å². The number of alkyl carbamates (subject to hydrolysis) is 1. The van der Waals surface area contributed by atoms with Crippen molar-refractivity contribution in [3.05, 3.63) is 12.2 Å². The van der Waals surface area contributed by atoms with E-state index in [1.54, 1.807) is 6.92 Å². The molecule has 0 fully saturated rings. The van der Waals surface area contributed by atoms with E-state index >= 15 is 0 Å². The van der Waals surface area contributed by atoms with Gasteiger partial charge in [0.05, 0.1) is 6.54 Å². The lowest BCUT2D eigenvalue weighted by Gasteiger charge is -2.28. The molecule has 1 amide bonds. The number of nitrogens with one attached hydrogen (secondary N) is 3. The Kier molecular flexibility index (Phi) is 9.74. The zero-order valence-corrected chi connectivity index (χ0v) is 16.7. The lowest BCUT2D eigenvalue weighted by Crippen LogP contribution is -2.49. The first-order valence-electron chi connectivity index (χ1n) is 8.57. The van der Waals surface area contributed by atoms with Crippen LogP contribution in [0.25, 0.3) is 0 Å². The zero-order chi connectivity index (χ0) is 19.7. The van der Waals surface area contributed by atoms with Crippen molar-refractivity contribution < 1.29 is 19.1 Å². The van der Waals surface area contributed by atoms with Crippen LogP contribution in [0.1, 0.15) is 48.5 Å². The second-order valence-electron chi connectivity index (χ2n) is 8.13. The fourth-order valence-electron chi connectivity index (χ4n) is 1.61. The largest absolute Gasteiger partial charge is 0.460 e. The molecule has 0 spiro atoms. The molecule has 0 bridgehead atoms. The predicted molar refractivity (Wildman–Crippen MR) is 99.6 cm³/mol. The Bertz CT molecular complexity index is 432. The molecule has 0 radical (unpaired) electrons. The molecule has 0 heterocycles. The van der Waals surface area contributed by atoms with Gasteiger partial charge >= 0.3 is 12.1 Å².